The Kier molecular flexibility index (Phi) is 4.86. The number of aliphatic carboxylic acids is 2. The van der Waals surface area contributed by atoms with Gasteiger partial charge >= 0.3 is 11.9 Å². The van der Waals surface area contributed by atoms with Crippen LogP contribution in [0.3, 0.4) is 0 Å². The van der Waals surface area contributed by atoms with E-state index in [1.165, 1.54) is 6.21 Å². The Morgan fingerprint density at radius 3 is 2.11 bits per heavy atom. The molecule has 0 amide bonds. The zero-order chi connectivity index (χ0) is 13.5. The maximum atomic E-state index is 10.5. The average Bonchev–Trinajstić information content (AvgIpc) is 2.26. The van der Waals surface area contributed by atoms with Crippen molar-refractivity contribution in [3.05, 3.63) is 35.4 Å². The van der Waals surface area contributed by atoms with Crippen molar-refractivity contribution in [2.24, 2.45) is 5.10 Å². The fourth-order valence-electron chi connectivity index (χ4n) is 1.25. The number of hydrazone groups is 1. The van der Waals surface area contributed by atoms with Gasteiger partial charge in [-0.2, -0.15) is 5.10 Å². The van der Waals surface area contributed by atoms with Gasteiger partial charge in [-0.15, -0.1) is 0 Å². The average molecular weight is 250 g/mol. The summed E-state index contributed by atoms with van der Waals surface area (Å²) in [5.41, 5.74) is 1.88. The molecule has 1 rings (SSSR count). The van der Waals surface area contributed by atoms with E-state index in [0.29, 0.717) is 0 Å². The van der Waals surface area contributed by atoms with Crippen molar-refractivity contribution < 1.29 is 19.8 Å². The second-order valence-corrected chi connectivity index (χ2v) is 3.77. The largest absolute Gasteiger partial charge is 0.480 e. The Labute approximate surface area is 104 Å². The van der Waals surface area contributed by atoms with Crippen LogP contribution in [0.4, 0.5) is 0 Å². The standard InChI is InChI=1S/C12H14N2O4/c1-9-2-4-10(5-3-9)6-13-14(7-11(15)16)8-12(17)18/h2-6H,7-8H2,1H3,(H,15,16)(H,17,18)/b13-6-. The first-order valence-electron chi connectivity index (χ1n) is 5.26. The van der Waals surface area contributed by atoms with E-state index >= 15 is 0 Å². The van der Waals surface area contributed by atoms with Gasteiger partial charge in [0.1, 0.15) is 13.1 Å². The van der Waals surface area contributed by atoms with Gasteiger partial charge in [0.15, 0.2) is 0 Å². The molecule has 0 bridgehead atoms. The zero-order valence-electron chi connectivity index (χ0n) is 9.91. The van der Waals surface area contributed by atoms with Crippen LogP contribution in [0.5, 0.6) is 0 Å². The summed E-state index contributed by atoms with van der Waals surface area (Å²) in [4.78, 5) is 21.1. The van der Waals surface area contributed by atoms with Gasteiger partial charge in [-0.25, -0.2) is 0 Å². The summed E-state index contributed by atoms with van der Waals surface area (Å²) in [7, 11) is 0. The minimum Gasteiger partial charge on any atom is -0.480 e. The lowest BCUT2D eigenvalue weighted by atomic mass is 10.2. The number of aryl methyl sites for hydroxylation is 1. The Hall–Kier alpha value is -2.37. The van der Waals surface area contributed by atoms with E-state index in [4.69, 9.17) is 10.2 Å². The highest BCUT2D eigenvalue weighted by molar-refractivity contribution is 5.80. The van der Waals surface area contributed by atoms with Crippen LogP contribution in [0, 0.1) is 6.92 Å². The Balaban J connectivity index is 2.72. The number of benzene rings is 1. The first-order valence-corrected chi connectivity index (χ1v) is 5.26. The van der Waals surface area contributed by atoms with Gasteiger partial charge in [0.25, 0.3) is 0 Å². The third-order valence-electron chi connectivity index (χ3n) is 2.08. The molecule has 0 atom stereocenters. The number of rotatable bonds is 6. The zero-order valence-corrected chi connectivity index (χ0v) is 9.91. The van der Waals surface area contributed by atoms with E-state index in [9.17, 15) is 9.59 Å². The van der Waals surface area contributed by atoms with Crippen LogP contribution in [-0.2, 0) is 9.59 Å². The molecule has 6 heteroatoms. The van der Waals surface area contributed by atoms with Crippen molar-refractivity contribution in [1.82, 2.24) is 5.01 Å². The molecule has 0 unspecified atom stereocenters. The quantitative estimate of drug-likeness (QED) is 0.575. The fraction of sp³-hybridized carbons (Fsp3) is 0.250. The summed E-state index contributed by atoms with van der Waals surface area (Å²) in [6.07, 6.45) is 1.44. The molecule has 0 heterocycles. The number of nitrogens with zero attached hydrogens (tertiary/aromatic N) is 2. The summed E-state index contributed by atoms with van der Waals surface area (Å²) in [6, 6.07) is 7.41. The molecule has 1 aromatic carbocycles. The van der Waals surface area contributed by atoms with Crippen LogP contribution in [0.15, 0.2) is 29.4 Å². The molecule has 6 nitrogen and oxygen atoms in total. The van der Waals surface area contributed by atoms with E-state index in [2.05, 4.69) is 5.10 Å². The highest BCUT2D eigenvalue weighted by atomic mass is 16.4. The van der Waals surface area contributed by atoms with Gasteiger partial charge in [-0.1, -0.05) is 29.8 Å². The maximum absolute atomic E-state index is 10.5. The first-order chi connectivity index (χ1) is 8.47. The Morgan fingerprint density at radius 2 is 1.67 bits per heavy atom. The van der Waals surface area contributed by atoms with Gasteiger partial charge in [-0.05, 0) is 12.5 Å². The van der Waals surface area contributed by atoms with Crippen LogP contribution >= 0.6 is 0 Å². The lowest BCUT2D eigenvalue weighted by Crippen LogP contribution is -2.30. The third-order valence-corrected chi connectivity index (χ3v) is 2.08. The van der Waals surface area contributed by atoms with Crippen LogP contribution in [0.25, 0.3) is 0 Å². The molecule has 1 aromatic rings. The minimum absolute atomic E-state index is 0.450. The van der Waals surface area contributed by atoms with E-state index in [1.54, 1.807) is 0 Å². The van der Waals surface area contributed by atoms with Gasteiger partial charge in [0.2, 0.25) is 0 Å². The molecule has 2 N–H and O–H groups in total. The summed E-state index contributed by atoms with van der Waals surface area (Å²) in [6.45, 7) is 1.05. The third kappa shape index (κ3) is 5.11. The molecule has 0 aliphatic rings. The van der Waals surface area contributed by atoms with Gasteiger partial charge in [0.05, 0.1) is 6.21 Å². The Bertz CT molecular complexity index is 438. The normalized spacial score (nSPS) is 10.5. The van der Waals surface area contributed by atoms with Gasteiger partial charge in [0, 0.05) is 0 Å². The van der Waals surface area contributed by atoms with Crippen LogP contribution in [-0.4, -0.2) is 46.5 Å². The number of carbonyl (C=O) groups is 2. The molecule has 0 radical (unpaired) electrons. The number of carboxylic acids is 2. The summed E-state index contributed by atoms with van der Waals surface area (Å²) >= 11 is 0. The molecule has 96 valence electrons. The topological polar surface area (TPSA) is 90.2 Å². The number of carboxylic acid groups (broad SMARTS) is 2. The molecule has 0 aliphatic heterocycles. The summed E-state index contributed by atoms with van der Waals surface area (Å²) < 4.78 is 0. The molecular formula is C12H14N2O4. The van der Waals surface area contributed by atoms with Crippen molar-refractivity contribution >= 4 is 18.2 Å². The lowest BCUT2D eigenvalue weighted by molar-refractivity contribution is -0.141. The summed E-state index contributed by atoms with van der Waals surface area (Å²) in [5, 5.41) is 22.1. The summed E-state index contributed by atoms with van der Waals surface area (Å²) in [5.74, 6) is -2.25. The monoisotopic (exact) mass is 250 g/mol. The number of hydrogen-bond donors (Lipinski definition) is 2. The van der Waals surface area contributed by atoms with Crippen molar-refractivity contribution in [2.45, 2.75) is 6.92 Å². The molecule has 0 aromatic heterocycles. The lowest BCUT2D eigenvalue weighted by Gasteiger charge is -2.13. The second-order valence-electron chi connectivity index (χ2n) is 3.77. The SMILES string of the molecule is Cc1ccc(/C=N\N(CC(=O)O)CC(=O)O)cc1. The van der Waals surface area contributed by atoms with E-state index in [1.807, 2.05) is 31.2 Å². The Morgan fingerprint density at radius 1 is 1.17 bits per heavy atom. The molecule has 0 aliphatic carbocycles. The van der Waals surface area contributed by atoms with Crippen LogP contribution < -0.4 is 0 Å². The van der Waals surface area contributed by atoms with Crippen LogP contribution in [0.2, 0.25) is 0 Å². The van der Waals surface area contributed by atoms with Gasteiger partial charge in [-0.3, -0.25) is 14.6 Å². The van der Waals surface area contributed by atoms with Crippen molar-refractivity contribution in [2.75, 3.05) is 13.1 Å². The maximum Gasteiger partial charge on any atom is 0.324 e. The smallest absolute Gasteiger partial charge is 0.324 e. The highest BCUT2D eigenvalue weighted by Gasteiger charge is 2.10. The van der Waals surface area contributed by atoms with Gasteiger partial charge < -0.3 is 10.2 Å². The van der Waals surface area contributed by atoms with E-state index in [0.717, 1.165) is 16.1 Å². The van der Waals surface area contributed by atoms with E-state index in [-0.39, 0.29) is 0 Å². The minimum atomic E-state index is -1.13. The molecule has 0 saturated carbocycles. The number of hydrogen-bond acceptors (Lipinski definition) is 4. The first kappa shape index (κ1) is 13.7. The molecule has 0 fully saturated rings. The van der Waals surface area contributed by atoms with Crippen molar-refractivity contribution in [1.29, 1.82) is 0 Å². The van der Waals surface area contributed by atoms with E-state index < -0.39 is 25.0 Å². The molecule has 18 heavy (non-hydrogen) atoms. The predicted molar refractivity (Wildman–Crippen MR) is 65.6 cm³/mol. The second kappa shape index (κ2) is 6.39. The van der Waals surface area contributed by atoms with Crippen molar-refractivity contribution in [3.8, 4) is 0 Å². The molecule has 0 spiro atoms. The fourth-order valence-corrected chi connectivity index (χ4v) is 1.25. The van der Waals surface area contributed by atoms with Crippen LogP contribution in [0.1, 0.15) is 11.1 Å². The molecule has 0 saturated heterocycles. The molecular weight excluding hydrogens is 236 g/mol. The predicted octanol–water partition coefficient (Wildman–Crippen LogP) is 0.800. The van der Waals surface area contributed by atoms with Crippen molar-refractivity contribution in [3.63, 3.8) is 0 Å². The highest BCUT2D eigenvalue weighted by Crippen LogP contribution is 2.01.